The maximum atomic E-state index is 9.02. The van der Waals surface area contributed by atoms with Crippen LogP contribution < -0.4 is 10.6 Å². The fourth-order valence-electron chi connectivity index (χ4n) is 2.84. The topological polar surface area (TPSA) is 62.4 Å². The number of hydrogen-bond acceptors (Lipinski definition) is 4. The van der Waals surface area contributed by atoms with Crippen molar-refractivity contribution >= 4 is 5.69 Å². The van der Waals surface area contributed by atoms with Gasteiger partial charge in [-0.05, 0) is 38.7 Å². The van der Waals surface area contributed by atoms with Gasteiger partial charge in [0.1, 0.15) is 0 Å². The minimum absolute atomic E-state index is 0.288. The smallest absolute Gasteiger partial charge is 0.0448 e. The summed E-state index contributed by atoms with van der Waals surface area (Å²) in [5.74, 6) is 0.606. The van der Waals surface area contributed by atoms with Crippen LogP contribution in [-0.4, -0.2) is 29.8 Å². The van der Waals surface area contributed by atoms with Gasteiger partial charge in [-0.25, -0.2) is 0 Å². The molecule has 0 aliphatic carbocycles. The molecular formula is C14H23N3O. The van der Waals surface area contributed by atoms with Gasteiger partial charge in [0, 0.05) is 48.9 Å². The lowest BCUT2D eigenvalue weighted by Crippen LogP contribution is -2.23. The maximum absolute atomic E-state index is 9.02. The molecule has 0 bridgehead atoms. The van der Waals surface area contributed by atoms with Crippen molar-refractivity contribution in [3.8, 4) is 0 Å². The molecule has 1 fully saturated rings. The third-order valence-electron chi connectivity index (χ3n) is 3.80. The largest absolute Gasteiger partial charge is 0.396 e. The van der Waals surface area contributed by atoms with E-state index in [0.29, 0.717) is 12.5 Å². The highest BCUT2D eigenvalue weighted by molar-refractivity contribution is 5.56. The third-order valence-corrected chi connectivity index (χ3v) is 3.80. The molecule has 0 amide bonds. The monoisotopic (exact) mass is 249 g/mol. The second kappa shape index (κ2) is 5.67. The predicted molar refractivity (Wildman–Crippen MR) is 73.6 cm³/mol. The van der Waals surface area contributed by atoms with Crippen molar-refractivity contribution in [3.05, 3.63) is 23.0 Å². The predicted octanol–water partition coefficient (Wildman–Crippen LogP) is 1.37. The molecule has 1 saturated heterocycles. The van der Waals surface area contributed by atoms with E-state index in [-0.39, 0.29) is 6.61 Å². The van der Waals surface area contributed by atoms with E-state index in [9.17, 15) is 0 Å². The van der Waals surface area contributed by atoms with Gasteiger partial charge in [0.05, 0.1) is 0 Å². The molecule has 0 saturated carbocycles. The van der Waals surface area contributed by atoms with Crippen molar-refractivity contribution in [1.82, 2.24) is 4.98 Å². The summed E-state index contributed by atoms with van der Waals surface area (Å²) in [7, 11) is 0. The van der Waals surface area contributed by atoms with Crippen LogP contribution in [0.25, 0.3) is 0 Å². The van der Waals surface area contributed by atoms with E-state index in [1.54, 1.807) is 0 Å². The molecule has 1 aliphatic rings. The number of aliphatic hydroxyl groups is 1. The molecule has 3 N–H and O–H groups in total. The first-order valence-electron chi connectivity index (χ1n) is 6.68. The van der Waals surface area contributed by atoms with Gasteiger partial charge >= 0.3 is 0 Å². The molecule has 100 valence electrons. The van der Waals surface area contributed by atoms with Crippen LogP contribution in [0.2, 0.25) is 0 Å². The summed E-state index contributed by atoms with van der Waals surface area (Å²) < 4.78 is 0. The zero-order valence-corrected chi connectivity index (χ0v) is 11.3. The maximum Gasteiger partial charge on any atom is 0.0448 e. The molecule has 1 atom stereocenters. The number of pyridine rings is 1. The Labute approximate surface area is 109 Å². The summed E-state index contributed by atoms with van der Waals surface area (Å²) in [6.07, 6.45) is 2.06. The van der Waals surface area contributed by atoms with Gasteiger partial charge in [-0.2, -0.15) is 0 Å². The van der Waals surface area contributed by atoms with E-state index in [0.717, 1.165) is 42.9 Å². The van der Waals surface area contributed by atoms with Crippen LogP contribution in [0.3, 0.4) is 0 Å². The molecule has 0 radical (unpaired) electrons. The Morgan fingerprint density at radius 1 is 1.50 bits per heavy atom. The summed E-state index contributed by atoms with van der Waals surface area (Å²) in [5.41, 5.74) is 10.3. The van der Waals surface area contributed by atoms with Crippen molar-refractivity contribution in [2.45, 2.75) is 33.2 Å². The van der Waals surface area contributed by atoms with Crippen LogP contribution >= 0.6 is 0 Å². The van der Waals surface area contributed by atoms with E-state index in [1.165, 1.54) is 5.69 Å². The highest BCUT2D eigenvalue weighted by Gasteiger charge is 2.24. The lowest BCUT2D eigenvalue weighted by molar-refractivity contribution is 0.263. The minimum Gasteiger partial charge on any atom is -0.396 e. The van der Waals surface area contributed by atoms with Crippen LogP contribution in [0.15, 0.2) is 6.07 Å². The van der Waals surface area contributed by atoms with Crippen molar-refractivity contribution in [1.29, 1.82) is 0 Å². The Hall–Kier alpha value is -1.13. The van der Waals surface area contributed by atoms with Crippen molar-refractivity contribution < 1.29 is 5.11 Å². The second-order valence-electron chi connectivity index (χ2n) is 5.16. The Morgan fingerprint density at radius 2 is 2.28 bits per heavy atom. The molecule has 4 nitrogen and oxygen atoms in total. The number of anilines is 1. The quantitative estimate of drug-likeness (QED) is 0.846. The van der Waals surface area contributed by atoms with Crippen molar-refractivity contribution in [2.75, 3.05) is 24.6 Å². The summed E-state index contributed by atoms with van der Waals surface area (Å²) in [6.45, 7) is 6.96. The summed E-state index contributed by atoms with van der Waals surface area (Å²) in [5, 5.41) is 9.02. The molecular weight excluding hydrogens is 226 g/mol. The van der Waals surface area contributed by atoms with Gasteiger partial charge in [0.15, 0.2) is 0 Å². The molecule has 1 unspecified atom stereocenters. The first kappa shape index (κ1) is 13.3. The zero-order chi connectivity index (χ0) is 13.1. The Balaban J connectivity index is 2.23. The minimum atomic E-state index is 0.288. The number of nitrogens with zero attached hydrogens (tertiary/aromatic N) is 2. The molecule has 1 aromatic rings. The number of aliphatic hydroxyl groups excluding tert-OH is 1. The number of rotatable bonds is 4. The number of aromatic nitrogens is 1. The third kappa shape index (κ3) is 2.65. The average Bonchev–Trinajstić information content (AvgIpc) is 2.77. The van der Waals surface area contributed by atoms with E-state index >= 15 is 0 Å². The van der Waals surface area contributed by atoms with E-state index in [2.05, 4.69) is 16.0 Å². The Morgan fingerprint density at radius 3 is 2.94 bits per heavy atom. The molecule has 0 aromatic carbocycles. The summed E-state index contributed by atoms with van der Waals surface area (Å²) in [4.78, 5) is 6.88. The normalized spacial score (nSPS) is 19.6. The van der Waals surface area contributed by atoms with Crippen LogP contribution in [0.4, 0.5) is 5.69 Å². The van der Waals surface area contributed by atoms with Gasteiger partial charge in [0.25, 0.3) is 0 Å². The van der Waals surface area contributed by atoms with Gasteiger partial charge in [-0.3, -0.25) is 4.98 Å². The van der Waals surface area contributed by atoms with Gasteiger partial charge in [-0.1, -0.05) is 0 Å². The lowest BCUT2D eigenvalue weighted by atomic mass is 10.1. The first-order chi connectivity index (χ1) is 8.65. The number of nitrogens with two attached hydrogens (primary N) is 1. The van der Waals surface area contributed by atoms with Gasteiger partial charge in [-0.15, -0.1) is 0 Å². The van der Waals surface area contributed by atoms with E-state index in [1.807, 2.05) is 13.8 Å². The van der Waals surface area contributed by atoms with Crippen LogP contribution in [0.1, 0.15) is 29.8 Å². The average molecular weight is 249 g/mol. The Kier molecular flexibility index (Phi) is 4.19. The molecule has 4 heteroatoms. The highest BCUT2D eigenvalue weighted by atomic mass is 16.3. The van der Waals surface area contributed by atoms with Gasteiger partial charge < -0.3 is 15.7 Å². The molecule has 2 heterocycles. The van der Waals surface area contributed by atoms with Gasteiger partial charge in [0.2, 0.25) is 0 Å². The van der Waals surface area contributed by atoms with Crippen molar-refractivity contribution in [3.63, 3.8) is 0 Å². The fraction of sp³-hybridized carbons (Fsp3) is 0.643. The fourth-order valence-corrected chi connectivity index (χ4v) is 2.84. The standard InChI is InChI=1S/C14H23N3O/c1-10-7-14(13(8-15)11(2)16-10)17-5-3-12(9-17)4-6-18/h7,12,18H,3-6,8-9,15H2,1-2H3. The van der Waals surface area contributed by atoms with E-state index in [4.69, 9.17) is 10.8 Å². The zero-order valence-electron chi connectivity index (χ0n) is 11.3. The molecule has 0 spiro atoms. The SMILES string of the molecule is Cc1cc(N2CCC(CCO)C2)c(CN)c(C)n1. The number of aryl methyl sites for hydroxylation is 2. The molecule has 1 aromatic heterocycles. The highest BCUT2D eigenvalue weighted by Crippen LogP contribution is 2.30. The summed E-state index contributed by atoms with van der Waals surface area (Å²) >= 11 is 0. The molecule has 1 aliphatic heterocycles. The molecule has 2 rings (SSSR count). The van der Waals surface area contributed by atoms with E-state index < -0.39 is 0 Å². The van der Waals surface area contributed by atoms with Crippen LogP contribution in [0, 0.1) is 19.8 Å². The lowest BCUT2D eigenvalue weighted by Gasteiger charge is -2.23. The molecule has 18 heavy (non-hydrogen) atoms. The van der Waals surface area contributed by atoms with Crippen LogP contribution in [-0.2, 0) is 6.54 Å². The Bertz CT molecular complexity index is 420. The van der Waals surface area contributed by atoms with Crippen molar-refractivity contribution in [2.24, 2.45) is 11.7 Å². The van der Waals surface area contributed by atoms with Crippen LogP contribution in [0.5, 0.6) is 0 Å². The number of hydrogen-bond donors (Lipinski definition) is 2. The summed E-state index contributed by atoms with van der Waals surface area (Å²) in [6, 6.07) is 2.14. The first-order valence-corrected chi connectivity index (χ1v) is 6.68. The second-order valence-corrected chi connectivity index (χ2v) is 5.16.